The lowest BCUT2D eigenvalue weighted by molar-refractivity contribution is -0.188. The number of hydrogen-bond acceptors (Lipinski definition) is 5. The number of alkyl halides is 3. The van der Waals surface area contributed by atoms with Gasteiger partial charge in [0.15, 0.2) is 11.1 Å². The maximum absolute atomic E-state index is 12.5. The van der Waals surface area contributed by atoms with E-state index in [0.29, 0.717) is 11.8 Å². The summed E-state index contributed by atoms with van der Waals surface area (Å²) < 4.78 is 38.9. The van der Waals surface area contributed by atoms with Gasteiger partial charge in [0.2, 0.25) is 5.95 Å². The average molecular weight is 298 g/mol. The zero-order valence-electron chi connectivity index (χ0n) is 10.2. The van der Waals surface area contributed by atoms with Crippen LogP contribution in [0, 0.1) is 5.92 Å². The van der Waals surface area contributed by atoms with E-state index in [2.05, 4.69) is 10.2 Å². The molecule has 108 valence electrons. The first kappa shape index (κ1) is 15.6. The molecule has 1 aromatic rings. The highest BCUT2D eigenvalue weighted by molar-refractivity contribution is 7.99. The number of aliphatic carboxylic acids is 1. The van der Waals surface area contributed by atoms with Gasteiger partial charge in [0.1, 0.15) is 0 Å². The molecule has 0 aliphatic carbocycles. The molecule has 1 unspecified atom stereocenters. The van der Waals surface area contributed by atoms with Gasteiger partial charge in [-0.05, 0) is 13.8 Å². The summed E-state index contributed by atoms with van der Waals surface area (Å²) in [6, 6.07) is -0.133. The minimum atomic E-state index is -4.80. The van der Waals surface area contributed by atoms with E-state index in [1.807, 2.05) is 0 Å². The molecule has 1 rings (SSSR count). The maximum Gasteiger partial charge on any atom is 0.403 e. The summed E-state index contributed by atoms with van der Waals surface area (Å²) in [6.45, 7) is 3.53. The normalized spacial score (nSPS) is 13.8. The van der Waals surface area contributed by atoms with Crippen molar-refractivity contribution in [2.45, 2.75) is 31.2 Å². The highest BCUT2D eigenvalue weighted by atomic mass is 32.2. The van der Waals surface area contributed by atoms with E-state index in [-0.39, 0.29) is 17.1 Å². The highest BCUT2D eigenvalue weighted by Gasteiger charge is 2.45. The van der Waals surface area contributed by atoms with Crippen LogP contribution in [-0.4, -0.2) is 37.8 Å². The van der Waals surface area contributed by atoms with Gasteiger partial charge in [-0.25, -0.2) is 0 Å². The second kappa shape index (κ2) is 5.68. The van der Waals surface area contributed by atoms with Crippen LogP contribution in [0.25, 0.3) is 0 Å². The fourth-order valence-electron chi connectivity index (χ4n) is 1.34. The third-order valence-electron chi connectivity index (χ3n) is 2.28. The Morgan fingerprint density at radius 2 is 2.05 bits per heavy atom. The molecular formula is C9H13F3N4O2S. The molecule has 3 N–H and O–H groups in total. The Labute approximate surface area is 111 Å². The van der Waals surface area contributed by atoms with Crippen molar-refractivity contribution in [2.24, 2.45) is 5.92 Å². The number of rotatable bonds is 5. The molecule has 1 atom stereocenters. The van der Waals surface area contributed by atoms with Gasteiger partial charge in [-0.3, -0.25) is 9.36 Å². The molecule has 10 heteroatoms. The summed E-state index contributed by atoms with van der Waals surface area (Å²) in [5, 5.41) is 15.9. The summed E-state index contributed by atoms with van der Waals surface area (Å²) >= 11 is 0.668. The monoisotopic (exact) mass is 298 g/mol. The van der Waals surface area contributed by atoms with E-state index in [9.17, 15) is 18.0 Å². The predicted octanol–water partition coefficient (Wildman–Crippen LogP) is 1.80. The summed E-state index contributed by atoms with van der Waals surface area (Å²) in [6.07, 6.45) is -4.80. The van der Waals surface area contributed by atoms with Gasteiger partial charge in [0, 0.05) is 11.8 Å². The first-order chi connectivity index (χ1) is 8.64. The van der Waals surface area contributed by atoms with Gasteiger partial charge < -0.3 is 10.8 Å². The molecule has 0 radical (unpaired) electrons. The lowest BCUT2D eigenvalue weighted by atomic mass is 10.2. The molecule has 0 spiro atoms. The van der Waals surface area contributed by atoms with Gasteiger partial charge in [0.05, 0.1) is 0 Å². The number of halogens is 3. The average Bonchev–Trinajstić information content (AvgIpc) is 2.57. The number of carboxylic acid groups (broad SMARTS) is 1. The van der Waals surface area contributed by atoms with Crippen molar-refractivity contribution in [1.82, 2.24) is 14.8 Å². The predicted molar refractivity (Wildman–Crippen MR) is 62.7 cm³/mol. The van der Waals surface area contributed by atoms with E-state index in [0.717, 1.165) is 0 Å². The summed E-state index contributed by atoms with van der Waals surface area (Å²) in [7, 11) is 0. The van der Waals surface area contributed by atoms with Crippen LogP contribution in [0.4, 0.5) is 19.1 Å². The lowest BCUT2D eigenvalue weighted by Crippen LogP contribution is -2.32. The first-order valence-corrected chi connectivity index (χ1v) is 6.25. The van der Waals surface area contributed by atoms with E-state index in [1.54, 1.807) is 13.8 Å². The van der Waals surface area contributed by atoms with E-state index >= 15 is 0 Å². The molecule has 0 aliphatic heterocycles. The smallest absolute Gasteiger partial charge is 0.403 e. The number of carbonyl (C=O) groups is 1. The van der Waals surface area contributed by atoms with Crippen molar-refractivity contribution in [3.8, 4) is 0 Å². The fourth-order valence-corrected chi connectivity index (χ4v) is 2.53. The third-order valence-corrected chi connectivity index (χ3v) is 3.32. The molecule has 0 bridgehead atoms. The number of hydrogen-bond donors (Lipinski definition) is 2. The molecule has 0 aromatic carbocycles. The van der Waals surface area contributed by atoms with Crippen LogP contribution in [0.1, 0.15) is 19.9 Å². The second-order valence-electron chi connectivity index (χ2n) is 4.05. The lowest BCUT2D eigenvalue weighted by Gasteiger charge is -2.16. The van der Waals surface area contributed by atoms with Crippen LogP contribution in [0.2, 0.25) is 0 Å². The minimum Gasteiger partial charge on any atom is -0.481 e. The Kier molecular flexibility index (Phi) is 4.66. The van der Waals surface area contributed by atoms with Crippen molar-refractivity contribution in [1.29, 1.82) is 0 Å². The Hall–Kier alpha value is -1.45. The van der Waals surface area contributed by atoms with Crippen LogP contribution in [-0.2, 0) is 4.79 Å². The third kappa shape index (κ3) is 3.75. The fraction of sp³-hybridized carbons (Fsp3) is 0.667. The molecule has 0 amide bonds. The zero-order chi connectivity index (χ0) is 14.8. The van der Waals surface area contributed by atoms with Crippen LogP contribution >= 0.6 is 11.8 Å². The van der Waals surface area contributed by atoms with Gasteiger partial charge in [0.25, 0.3) is 0 Å². The number of carboxylic acids is 1. The van der Waals surface area contributed by atoms with Crippen molar-refractivity contribution in [3.05, 3.63) is 0 Å². The van der Waals surface area contributed by atoms with Gasteiger partial charge in [-0.1, -0.05) is 11.8 Å². The molecule has 19 heavy (non-hydrogen) atoms. The Morgan fingerprint density at radius 1 is 1.47 bits per heavy atom. The first-order valence-electron chi connectivity index (χ1n) is 5.27. The summed E-state index contributed by atoms with van der Waals surface area (Å²) in [5.74, 6) is -4.96. The maximum atomic E-state index is 12.5. The van der Waals surface area contributed by atoms with E-state index < -0.39 is 23.8 Å². The van der Waals surface area contributed by atoms with Crippen molar-refractivity contribution in [3.63, 3.8) is 0 Å². The van der Waals surface area contributed by atoms with Crippen LogP contribution in [0.15, 0.2) is 5.16 Å². The largest absolute Gasteiger partial charge is 0.481 e. The number of anilines is 1. The van der Waals surface area contributed by atoms with Crippen molar-refractivity contribution < 1.29 is 23.1 Å². The molecule has 1 heterocycles. The molecule has 1 aromatic heterocycles. The number of nitrogens with two attached hydrogens (primary N) is 1. The highest BCUT2D eigenvalue weighted by Crippen LogP contribution is 2.32. The Bertz CT molecular complexity index is 461. The standard InChI is InChI=1S/C9H13F3N4O2S/c1-4(2)16-7(13)14-15-8(16)19-3-5(6(17)18)9(10,11)12/h4-5H,3H2,1-2H3,(H2,13,14)(H,17,18). The van der Waals surface area contributed by atoms with Crippen LogP contribution < -0.4 is 5.73 Å². The summed E-state index contributed by atoms with van der Waals surface area (Å²) in [4.78, 5) is 10.6. The Morgan fingerprint density at radius 3 is 2.47 bits per heavy atom. The Balaban J connectivity index is 2.84. The molecule has 6 nitrogen and oxygen atoms in total. The minimum absolute atomic E-state index is 0.0800. The number of aromatic nitrogens is 3. The molecular weight excluding hydrogens is 285 g/mol. The quantitative estimate of drug-likeness (QED) is 0.805. The molecule has 0 aliphatic rings. The molecule has 0 saturated heterocycles. The van der Waals surface area contributed by atoms with Crippen molar-refractivity contribution in [2.75, 3.05) is 11.5 Å². The second-order valence-corrected chi connectivity index (χ2v) is 5.04. The number of nitrogens with zero attached hydrogens (tertiary/aromatic N) is 3. The SMILES string of the molecule is CC(C)n1c(N)nnc1SCC(C(=O)O)C(F)(F)F. The molecule has 0 fully saturated rings. The number of nitrogen functional groups attached to an aromatic ring is 1. The molecule has 0 saturated carbocycles. The van der Waals surface area contributed by atoms with Crippen LogP contribution in [0.5, 0.6) is 0 Å². The number of thioether (sulfide) groups is 1. The van der Waals surface area contributed by atoms with E-state index in [4.69, 9.17) is 10.8 Å². The summed E-state index contributed by atoms with van der Waals surface area (Å²) in [5.41, 5.74) is 5.53. The van der Waals surface area contributed by atoms with Gasteiger partial charge in [-0.2, -0.15) is 13.2 Å². The topological polar surface area (TPSA) is 94.0 Å². The van der Waals surface area contributed by atoms with E-state index in [1.165, 1.54) is 4.57 Å². The zero-order valence-corrected chi connectivity index (χ0v) is 11.0. The van der Waals surface area contributed by atoms with Crippen LogP contribution in [0.3, 0.4) is 0 Å². The van der Waals surface area contributed by atoms with Gasteiger partial charge >= 0.3 is 12.1 Å². The van der Waals surface area contributed by atoms with Gasteiger partial charge in [-0.15, -0.1) is 10.2 Å². The van der Waals surface area contributed by atoms with Crippen molar-refractivity contribution >= 4 is 23.7 Å².